The summed E-state index contributed by atoms with van der Waals surface area (Å²) in [5.74, 6) is 0.605. The first kappa shape index (κ1) is 14.7. The summed E-state index contributed by atoms with van der Waals surface area (Å²) in [6.45, 7) is 0.596. The van der Waals surface area contributed by atoms with Crippen LogP contribution in [-0.2, 0) is 11.3 Å². The molecular weight excluding hydrogens is 270 g/mol. The van der Waals surface area contributed by atoms with Gasteiger partial charge in [0.2, 0.25) is 6.20 Å². The fraction of sp³-hybridized carbons (Fsp3) is 0.125. The van der Waals surface area contributed by atoms with Crippen LogP contribution in [-0.4, -0.2) is 11.7 Å². The molecule has 0 spiro atoms. The molecule has 2 rings (SSSR count). The van der Waals surface area contributed by atoms with E-state index in [2.05, 4.69) is 0 Å². The fourth-order valence-electron chi connectivity index (χ4n) is 1.70. The molecule has 0 saturated heterocycles. The zero-order chi connectivity index (χ0) is 14.9. The maximum atomic E-state index is 10.3. The Bertz CT molecular complexity index is 611. The first-order valence-corrected chi connectivity index (χ1v) is 6.40. The van der Waals surface area contributed by atoms with Crippen LogP contribution in [0, 0.1) is 10.1 Å². The number of rotatable bonds is 7. The highest BCUT2D eigenvalue weighted by molar-refractivity contribution is 5.50. The van der Waals surface area contributed by atoms with E-state index in [4.69, 9.17) is 9.47 Å². The van der Waals surface area contributed by atoms with Gasteiger partial charge in [-0.05, 0) is 23.3 Å². The van der Waals surface area contributed by atoms with Crippen molar-refractivity contribution in [1.82, 2.24) is 0 Å². The van der Waals surface area contributed by atoms with Gasteiger partial charge >= 0.3 is 0 Å². The lowest BCUT2D eigenvalue weighted by Crippen LogP contribution is -2.02. The van der Waals surface area contributed by atoms with Gasteiger partial charge in [0.05, 0.1) is 11.5 Å². The molecule has 5 heteroatoms. The van der Waals surface area contributed by atoms with Gasteiger partial charge in [-0.3, -0.25) is 10.1 Å². The molecule has 0 aliphatic rings. The van der Waals surface area contributed by atoms with Crippen molar-refractivity contribution in [1.29, 1.82) is 0 Å². The van der Waals surface area contributed by atoms with Gasteiger partial charge in [0.1, 0.15) is 5.75 Å². The quantitative estimate of drug-likeness (QED) is 0.338. The molecule has 0 amide bonds. The van der Waals surface area contributed by atoms with Gasteiger partial charge in [-0.1, -0.05) is 42.5 Å². The van der Waals surface area contributed by atoms with Crippen LogP contribution in [0.3, 0.4) is 0 Å². The summed E-state index contributed by atoms with van der Waals surface area (Å²) in [6, 6.07) is 16.8. The average Bonchev–Trinajstić information content (AvgIpc) is 2.51. The third kappa shape index (κ3) is 5.46. The standard InChI is InChI=1S/C16H15NO4/c18-17(19)10-9-14-7-4-8-16(11-14)21-13-20-12-15-5-2-1-3-6-15/h1-11H,12-13H2/b10-9+. The predicted molar refractivity (Wildman–Crippen MR) is 79.2 cm³/mol. The van der Waals surface area contributed by atoms with Gasteiger partial charge in [-0.25, -0.2) is 0 Å². The zero-order valence-corrected chi connectivity index (χ0v) is 11.3. The van der Waals surface area contributed by atoms with Crippen molar-refractivity contribution in [3.05, 3.63) is 82.0 Å². The molecular formula is C16H15NO4. The molecule has 0 saturated carbocycles. The second-order valence-corrected chi connectivity index (χ2v) is 4.27. The van der Waals surface area contributed by atoms with Crippen molar-refractivity contribution in [3.8, 4) is 5.75 Å². The van der Waals surface area contributed by atoms with Gasteiger partial charge in [0, 0.05) is 6.08 Å². The molecule has 0 fully saturated rings. The van der Waals surface area contributed by atoms with Crippen LogP contribution in [0.25, 0.3) is 6.08 Å². The summed E-state index contributed by atoms with van der Waals surface area (Å²) >= 11 is 0. The van der Waals surface area contributed by atoms with E-state index in [1.807, 2.05) is 30.3 Å². The van der Waals surface area contributed by atoms with Crippen molar-refractivity contribution in [2.24, 2.45) is 0 Å². The molecule has 0 radical (unpaired) electrons. The Hall–Kier alpha value is -2.66. The van der Waals surface area contributed by atoms with Gasteiger partial charge in [-0.15, -0.1) is 0 Å². The van der Waals surface area contributed by atoms with E-state index < -0.39 is 4.92 Å². The number of benzene rings is 2. The van der Waals surface area contributed by atoms with E-state index >= 15 is 0 Å². The maximum Gasteiger partial charge on any atom is 0.235 e. The second kappa shape index (κ2) is 7.81. The first-order chi connectivity index (χ1) is 10.2. The fourth-order valence-corrected chi connectivity index (χ4v) is 1.70. The van der Waals surface area contributed by atoms with E-state index in [1.165, 1.54) is 6.08 Å². The van der Waals surface area contributed by atoms with Gasteiger partial charge in [0.15, 0.2) is 6.79 Å². The highest BCUT2D eigenvalue weighted by atomic mass is 16.7. The first-order valence-electron chi connectivity index (χ1n) is 6.40. The summed E-state index contributed by atoms with van der Waals surface area (Å²) in [7, 11) is 0. The van der Waals surface area contributed by atoms with Crippen molar-refractivity contribution in [3.63, 3.8) is 0 Å². The molecule has 0 aliphatic carbocycles. The van der Waals surface area contributed by atoms with Gasteiger partial charge in [-0.2, -0.15) is 0 Å². The predicted octanol–water partition coefficient (Wildman–Crippen LogP) is 3.49. The number of nitrogens with zero attached hydrogens (tertiary/aromatic N) is 1. The van der Waals surface area contributed by atoms with Crippen molar-refractivity contribution in [2.75, 3.05) is 6.79 Å². The summed E-state index contributed by atoms with van der Waals surface area (Å²) in [4.78, 5) is 9.77. The molecule has 0 heterocycles. The highest BCUT2D eigenvalue weighted by Gasteiger charge is 1.97. The highest BCUT2D eigenvalue weighted by Crippen LogP contribution is 2.14. The molecule has 0 aromatic heterocycles. The Morgan fingerprint density at radius 1 is 1.10 bits per heavy atom. The third-order valence-corrected chi connectivity index (χ3v) is 2.67. The number of hydrogen-bond donors (Lipinski definition) is 0. The number of hydrogen-bond acceptors (Lipinski definition) is 4. The second-order valence-electron chi connectivity index (χ2n) is 4.27. The topological polar surface area (TPSA) is 61.6 Å². The Balaban J connectivity index is 1.80. The van der Waals surface area contributed by atoms with Crippen LogP contribution in [0.4, 0.5) is 0 Å². The molecule has 0 atom stereocenters. The molecule has 2 aromatic carbocycles. The number of ether oxygens (including phenoxy) is 2. The monoisotopic (exact) mass is 285 g/mol. The van der Waals surface area contributed by atoms with Crippen LogP contribution in [0.1, 0.15) is 11.1 Å². The molecule has 2 aromatic rings. The SMILES string of the molecule is O=[N+]([O-])/C=C/c1cccc(OCOCc2ccccc2)c1. The zero-order valence-electron chi connectivity index (χ0n) is 11.3. The molecule has 0 aliphatic heterocycles. The van der Waals surface area contributed by atoms with E-state index in [0.29, 0.717) is 17.9 Å². The van der Waals surface area contributed by atoms with Gasteiger partial charge < -0.3 is 9.47 Å². The van der Waals surface area contributed by atoms with Crippen LogP contribution < -0.4 is 4.74 Å². The molecule has 108 valence electrons. The lowest BCUT2D eigenvalue weighted by molar-refractivity contribution is -0.400. The third-order valence-electron chi connectivity index (χ3n) is 2.67. The smallest absolute Gasteiger partial charge is 0.235 e. The minimum absolute atomic E-state index is 0.122. The van der Waals surface area contributed by atoms with Gasteiger partial charge in [0.25, 0.3) is 0 Å². The summed E-state index contributed by atoms with van der Waals surface area (Å²) < 4.78 is 10.9. The van der Waals surface area contributed by atoms with E-state index in [1.54, 1.807) is 24.3 Å². The summed E-state index contributed by atoms with van der Waals surface area (Å²) in [6.07, 6.45) is 2.31. The van der Waals surface area contributed by atoms with Crippen LogP contribution >= 0.6 is 0 Å². The summed E-state index contributed by atoms with van der Waals surface area (Å²) in [5.41, 5.74) is 1.77. The minimum Gasteiger partial charge on any atom is -0.468 e. The minimum atomic E-state index is -0.503. The molecule has 0 bridgehead atoms. The van der Waals surface area contributed by atoms with E-state index in [9.17, 15) is 10.1 Å². The Morgan fingerprint density at radius 3 is 2.67 bits per heavy atom. The molecule has 5 nitrogen and oxygen atoms in total. The Kier molecular flexibility index (Phi) is 5.49. The van der Waals surface area contributed by atoms with Crippen LogP contribution in [0.5, 0.6) is 5.75 Å². The Labute approximate surface area is 122 Å². The molecule has 0 unspecified atom stereocenters. The van der Waals surface area contributed by atoms with Crippen LogP contribution in [0.15, 0.2) is 60.8 Å². The largest absolute Gasteiger partial charge is 0.468 e. The maximum absolute atomic E-state index is 10.3. The van der Waals surface area contributed by atoms with Crippen molar-refractivity contribution < 1.29 is 14.4 Å². The normalized spacial score (nSPS) is 10.7. The van der Waals surface area contributed by atoms with E-state index in [0.717, 1.165) is 11.8 Å². The average molecular weight is 285 g/mol. The Morgan fingerprint density at radius 2 is 1.90 bits per heavy atom. The van der Waals surface area contributed by atoms with Crippen LogP contribution in [0.2, 0.25) is 0 Å². The lowest BCUT2D eigenvalue weighted by Gasteiger charge is -2.07. The lowest BCUT2D eigenvalue weighted by atomic mass is 10.2. The molecule has 0 N–H and O–H groups in total. The number of nitro groups is 1. The molecule has 21 heavy (non-hydrogen) atoms. The van der Waals surface area contributed by atoms with E-state index in [-0.39, 0.29) is 6.79 Å². The van der Waals surface area contributed by atoms with Crippen molar-refractivity contribution in [2.45, 2.75) is 6.61 Å². The summed E-state index contributed by atoms with van der Waals surface area (Å²) in [5, 5.41) is 10.3. The van der Waals surface area contributed by atoms with Crippen molar-refractivity contribution >= 4 is 6.08 Å².